The van der Waals surface area contributed by atoms with Crippen LogP contribution < -0.4 is 10.0 Å². The predicted octanol–water partition coefficient (Wildman–Crippen LogP) is 4.17. The normalized spacial score (nSPS) is 20.5. The fraction of sp³-hybridized carbons (Fsp3) is 0.500. The van der Waals surface area contributed by atoms with E-state index in [1.165, 1.54) is 11.1 Å². The van der Waals surface area contributed by atoms with Gasteiger partial charge in [-0.15, -0.1) is 0 Å². The number of hydrogen-bond acceptors (Lipinski definition) is 5. The lowest BCUT2D eigenvalue weighted by Crippen LogP contribution is -2.40. The minimum absolute atomic E-state index is 0.0335. The van der Waals surface area contributed by atoms with Crippen LogP contribution in [0.15, 0.2) is 48.7 Å². The summed E-state index contributed by atoms with van der Waals surface area (Å²) in [6.45, 7) is 0.347. The van der Waals surface area contributed by atoms with E-state index in [1.54, 1.807) is 0 Å². The number of ketones is 1. The monoisotopic (exact) mass is 511 g/mol. The van der Waals surface area contributed by atoms with E-state index in [-0.39, 0.29) is 29.5 Å². The van der Waals surface area contributed by atoms with Crippen LogP contribution >= 0.6 is 0 Å². The molecule has 1 unspecified atom stereocenters. The number of carbonyl (C=O) groups is 3. The second kappa shape index (κ2) is 12.8. The van der Waals surface area contributed by atoms with Crippen LogP contribution in [0.25, 0.3) is 0 Å². The Labute approximate surface area is 216 Å². The minimum atomic E-state index is -0.703. The molecule has 8 nitrogen and oxygen atoms in total. The molecule has 0 bridgehead atoms. The molecule has 0 spiro atoms. The molecular weight excluding hydrogens is 477 g/mol. The second-order valence-corrected chi connectivity index (χ2v) is 10.1. The number of nitrogens with one attached hydrogen (secondary N) is 1. The van der Waals surface area contributed by atoms with Crippen molar-refractivity contribution in [1.29, 1.82) is 0 Å². The molecule has 1 aromatic carbocycles. The van der Waals surface area contributed by atoms with Crippen molar-refractivity contribution >= 4 is 23.9 Å². The molecule has 1 N–H and O–H groups in total. The zero-order valence-corrected chi connectivity index (χ0v) is 20.9. The Hall–Kier alpha value is -3.33. The maximum atomic E-state index is 13.8. The number of nitrogens with zero attached hydrogens (tertiary/aromatic N) is 2. The Morgan fingerprint density at radius 1 is 1.08 bits per heavy atom. The van der Waals surface area contributed by atoms with Crippen molar-refractivity contribution in [2.24, 2.45) is 23.7 Å². The molecule has 1 heterocycles. The molecule has 0 radical (unpaired) electrons. The third-order valence-corrected chi connectivity index (χ3v) is 7.60. The summed E-state index contributed by atoms with van der Waals surface area (Å²) >= 11 is 0. The summed E-state index contributed by atoms with van der Waals surface area (Å²) < 4.78 is 13.5. The number of hydroxylamine groups is 2. The van der Waals surface area contributed by atoms with Crippen LogP contribution in [0.4, 0.5) is 10.2 Å². The van der Waals surface area contributed by atoms with Crippen molar-refractivity contribution in [2.45, 2.75) is 58.0 Å². The Bertz CT molecular complexity index is 1080. The summed E-state index contributed by atoms with van der Waals surface area (Å²) in [5.41, 5.74) is 0.914. The average molecular weight is 512 g/mol. The van der Waals surface area contributed by atoms with Crippen LogP contribution in [0.2, 0.25) is 0 Å². The highest BCUT2D eigenvalue weighted by atomic mass is 19.1. The Kier molecular flexibility index (Phi) is 9.22. The maximum absolute atomic E-state index is 13.8. The minimum Gasteiger partial charge on any atom is -0.711 e. The fourth-order valence-corrected chi connectivity index (χ4v) is 5.69. The molecule has 37 heavy (non-hydrogen) atoms. The highest BCUT2D eigenvalue weighted by molar-refractivity contribution is 5.96. The maximum Gasteiger partial charge on any atom is 0.311 e. The third kappa shape index (κ3) is 7.13. The molecule has 2 amide bonds. The molecule has 0 saturated heterocycles. The zero-order valence-electron chi connectivity index (χ0n) is 20.9. The Balaban J connectivity index is 1.45. The smallest absolute Gasteiger partial charge is 0.311 e. The molecular formula is C28H34FN3O5. The molecule has 0 aliphatic heterocycles. The fourth-order valence-electron chi connectivity index (χ4n) is 5.69. The number of carbonyl (C=O) groups excluding carboxylic acids is 3. The number of pyridine rings is 1. The van der Waals surface area contributed by atoms with Crippen molar-refractivity contribution in [1.82, 2.24) is 5.06 Å². The van der Waals surface area contributed by atoms with Crippen LogP contribution in [0.5, 0.6) is 0 Å². The molecule has 198 valence electrons. The summed E-state index contributed by atoms with van der Waals surface area (Å²) in [5, 5.41) is 15.7. The molecule has 2 aliphatic rings. The number of rotatable bonds is 12. The summed E-state index contributed by atoms with van der Waals surface area (Å²) in [7, 11) is 0. The van der Waals surface area contributed by atoms with E-state index in [2.05, 4.69) is 5.32 Å². The first kappa shape index (κ1) is 26.7. The third-order valence-electron chi connectivity index (χ3n) is 7.60. The van der Waals surface area contributed by atoms with Crippen molar-refractivity contribution in [2.75, 3.05) is 11.9 Å². The molecule has 2 aliphatic carbocycles. The lowest BCUT2D eigenvalue weighted by atomic mass is 9.80. The van der Waals surface area contributed by atoms with Crippen molar-refractivity contribution < 1.29 is 28.3 Å². The van der Waals surface area contributed by atoms with Crippen LogP contribution in [0, 0.1) is 34.7 Å². The van der Waals surface area contributed by atoms with Crippen LogP contribution in [-0.4, -0.2) is 29.7 Å². The topological polar surface area (TPSA) is 103 Å². The van der Waals surface area contributed by atoms with Crippen molar-refractivity contribution in [3.63, 3.8) is 0 Å². The molecule has 2 aromatic rings. The molecule has 2 saturated carbocycles. The van der Waals surface area contributed by atoms with Gasteiger partial charge in [-0.05, 0) is 36.8 Å². The second-order valence-electron chi connectivity index (χ2n) is 10.1. The van der Waals surface area contributed by atoms with E-state index >= 15 is 0 Å². The summed E-state index contributed by atoms with van der Waals surface area (Å²) in [6.07, 6.45) is 8.20. The van der Waals surface area contributed by atoms with Gasteiger partial charge < -0.3 is 5.21 Å². The number of amides is 2. The van der Waals surface area contributed by atoms with E-state index in [9.17, 15) is 24.0 Å². The highest BCUT2D eigenvalue weighted by Crippen LogP contribution is 2.38. The van der Waals surface area contributed by atoms with Crippen molar-refractivity contribution in [3.8, 4) is 0 Å². The summed E-state index contributed by atoms with van der Waals surface area (Å²) in [4.78, 5) is 44.5. The van der Waals surface area contributed by atoms with Gasteiger partial charge in [0.05, 0.1) is 12.5 Å². The first-order valence-electron chi connectivity index (χ1n) is 13.1. The van der Waals surface area contributed by atoms with Gasteiger partial charge in [0.2, 0.25) is 6.41 Å². The van der Waals surface area contributed by atoms with Crippen LogP contribution in [0.3, 0.4) is 0 Å². The average Bonchev–Trinajstić information content (AvgIpc) is 3.60. The van der Waals surface area contributed by atoms with Gasteiger partial charge in [-0.1, -0.05) is 62.4 Å². The van der Waals surface area contributed by atoms with Crippen molar-refractivity contribution in [3.05, 3.63) is 65.2 Å². The molecule has 1 aromatic heterocycles. The Morgan fingerprint density at radius 2 is 1.81 bits per heavy atom. The van der Waals surface area contributed by atoms with Gasteiger partial charge in [-0.25, -0.2) is 24.3 Å². The number of Topliss-reactive ketones (excluding diaryl/α,β-unsaturated/α-hetero) is 1. The van der Waals surface area contributed by atoms with Gasteiger partial charge in [0.15, 0.2) is 5.82 Å². The molecule has 4 rings (SSSR count). The van der Waals surface area contributed by atoms with E-state index in [0.717, 1.165) is 43.5 Å². The highest BCUT2D eigenvalue weighted by Gasteiger charge is 2.43. The largest absolute Gasteiger partial charge is 0.711 e. The molecule has 3 atom stereocenters. The molecule has 9 heteroatoms. The van der Waals surface area contributed by atoms with Gasteiger partial charge in [-0.3, -0.25) is 14.4 Å². The molecule has 2 fully saturated rings. The number of aromatic nitrogens is 1. The van der Waals surface area contributed by atoms with E-state index in [0.29, 0.717) is 38.0 Å². The van der Waals surface area contributed by atoms with E-state index < -0.39 is 29.5 Å². The van der Waals surface area contributed by atoms with Gasteiger partial charge in [-0.2, -0.15) is 0 Å². The Morgan fingerprint density at radius 3 is 2.51 bits per heavy atom. The van der Waals surface area contributed by atoms with E-state index in [1.807, 2.05) is 30.3 Å². The summed E-state index contributed by atoms with van der Waals surface area (Å²) in [5.74, 6) is -2.36. The number of halogens is 1. The number of hydrogen-bond donors (Lipinski definition) is 1. The van der Waals surface area contributed by atoms with E-state index in [4.69, 9.17) is 4.84 Å². The van der Waals surface area contributed by atoms with Gasteiger partial charge >= 0.3 is 5.91 Å². The lowest BCUT2D eigenvalue weighted by molar-refractivity contribution is -0.591. The lowest BCUT2D eigenvalue weighted by Gasteiger charge is -2.28. The first-order valence-corrected chi connectivity index (χ1v) is 13.1. The van der Waals surface area contributed by atoms with Gasteiger partial charge in [0, 0.05) is 17.9 Å². The zero-order chi connectivity index (χ0) is 26.2. The predicted molar refractivity (Wildman–Crippen MR) is 134 cm³/mol. The SMILES string of the molecule is O=CN(C[C@@H](CC1CCCC1)C(=O)C1CCC[C@H]1C(=O)Nc1ccc(F)c[n+]1[O-])OCc1ccccc1. The number of benzene rings is 1. The van der Waals surface area contributed by atoms with Gasteiger partial charge in [0.1, 0.15) is 18.6 Å². The van der Waals surface area contributed by atoms with Crippen LogP contribution in [0.1, 0.15) is 56.9 Å². The van der Waals surface area contributed by atoms with Gasteiger partial charge in [0.25, 0.3) is 5.82 Å². The standard InChI is InChI=1S/C28H34FN3O5/c29-23-13-14-26(32(36)17-23)30-28(35)25-12-6-11-24(25)27(34)22(15-20-7-4-5-8-20)16-31(19-33)37-18-21-9-2-1-3-10-21/h1-3,9-10,13-14,17,19-20,22,24-25H,4-8,11-12,15-16,18H2,(H,30,35)/t22-,24?,25-/m1/s1. The van der Waals surface area contributed by atoms with Crippen LogP contribution in [-0.2, 0) is 25.8 Å². The number of anilines is 1. The summed E-state index contributed by atoms with van der Waals surface area (Å²) in [6, 6.07) is 11.8. The quantitative estimate of drug-likeness (QED) is 0.199. The first-order chi connectivity index (χ1) is 17.9.